The molecule has 3 N–H and O–H groups in total. The van der Waals surface area contributed by atoms with Crippen molar-refractivity contribution in [3.63, 3.8) is 0 Å². The maximum Gasteiger partial charge on any atom is 0.226 e. The van der Waals surface area contributed by atoms with E-state index in [2.05, 4.69) is 112 Å². The Bertz CT molecular complexity index is 1310. The summed E-state index contributed by atoms with van der Waals surface area (Å²) in [6.45, 7) is 0.530. The van der Waals surface area contributed by atoms with Crippen molar-refractivity contribution in [3.8, 4) is 0 Å². The molecule has 42 heavy (non-hydrogen) atoms. The Hall–Kier alpha value is -4.19. The molecule has 1 aliphatic rings. The molecule has 1 saturated carbocycles. The number of aromatic nitrogens is 2. The summed E-state index contributed by atoms with van der Waals surface area (Å²) in [6.07, 6.45) is 14.9. The molecule has 1 aliphatic carbocycles. The lowest BCUT2D eigenvalue weighted by atomic mass is 9.77. The van der Waals surface area contributed by atoms with Crippen LogP contribution in [0.2, 0.25) is 0 Å². The quantitative estimate of drug-likeness (QED) is 0.0860. The molecule has 0 saturated heterocycles. The van der Waals surface area contributed by atoms with Crippen molar-refractivity contribution in [3.05, 3.63) is 126 Å². The normalized spacial score (nSPS) is 14.5. The number of carbonyl (C=O) groups is 1. The molecule has 6 nitrogen and oxygen atoms in total. The van der Waals surface area contributed by atoms with Crippen LogP contribution in [0.3, 0.4) is 0 Å². The zero-order valence-electron chi connectivity index (χ0n) is 24.5. The van der Waals surface area contributed by atoms with Crippen LogP contribution in [0.15, 0.2) is 109 Å². The van der Waals surface area contributed by atoms with Gasteiger partial charge in [-0.2, -0.15) is 0 Å². The number of aliphatic imine (C=N–C) groups is 1. The van der Waals surface area contributed by atoms with Gasteiger partial charge in [0.25, 0.3) is 0 Å². The van der Waals surface area contributed by atoms with Gasteiger partial charge >= 0.3 is 0 Å². The van der Waals surface area contributed by atoms with E-state index in [0.717, 1.165) is 37.3 Å². The van der Waals surface area contributed by atoms with Crippen molar-refractivity contribution in [1.82, 2.24) is 14.9 Å². The van der Waals surface area contributed by atoms with Crippen molar-refractivity contribution in [2.24, 2.45) is 16.6 Å². The minimum absolute atomic E-state index is 0.0371. The summed E-state index contributed by atoms with van der Waals surface area (Å²) in [4.78, 5) is 21.5. The second kappa shape index (κ2) is 14.6. The van der Waals surface area contributed by atoms with Gasteiger partial charge in [-0.05, 0) is 48.3 Å². The van der Waals surface area contributed by atoms with E-state index in [4.69, 9.17) is 10.7 Å². The van der Waals surface area contributed by atoms with Gasteiger partial charge in [0.2, 0.25) is 5.91 Å². The van der Waals surface area contributed by atoms with E-state index in [-0.39, 0.29) is 11.9 Å². The average Bonchev–Trinajstić information content (AvgIpc) is 3.51. The van der Waals surface area contributed by atoms with E-state index in [9.17, 15) is 4.79 Å². The predicted octanol–water partition coefficient (Wildman–Crippen LogP) is 6.84. The zero-order valence-corrected chi connectivity index (χ0v) is 24.5. The van der Waals surface area contributed by atoms with Gasteiger partial charge < -0.3 is 10.3 Å². The van der Waals surface area contributed by atoms with Gasteiger partial charge in [0.05, 0.1) is 12.0 Å². The van der Waals surface area contributed by atoms with Gasteiger partial charge in [-0.15, -0.1) is 0 Å². The van der Waals surface area contributed by atoms with Crippen LogP contribution in [-0.2, 0) is 16.8 Å². The molecule has 1 amide bonds. The number of imidazole rings is 1. The Morgan fingerprint density at radius 1 is 0.857 bits per heavy atom. The average molecular weight is 562 g/mol. The molecule has 0 unspecified atom stereocenters. The van der Waals surface area contributed by atoms with Crippen LogP contribution in [0.4, 0.5) is 0 Å². The number of aryl methyl sites for hydroxylation is 1. The number of nitrogens with zero attached hydrogens (tertiary/aromatic N) is 3. The first-order valence-corrected chi connectivity index (χ1v) is 15.5. The lowest BCUT2D eigenvalue weighted by Crippen LogP contribution is -2.37. The third-order valence-corrected chi connectivity index (χ3v) is 8.48. The van der Waals surface area contributed by atoms with E-state index in [1.54, 1.807) is 0 Å². The minimum Gasteiger partial charge on any atom is -0.370 e. The highest BCUT2D eigenvalue weighted by Gasteiger charge is 2.38. The van der Waals surface area contributed by atoms with E-state index in [1.807, 2.05) is 6.33 Å². The highest BCUT2D eigenvalue weighted by Crippen LogP contribution is 2.40. The van der Waals surface area contributed by atoms with Crippen LogP contribution in [-0.4, -0.2) is 28.0 Å². The van der Waals surface area contributed by atoms with Crippen LogP contribution in [0.1, 0.15) is 80.2 Å². The number of guanidine groups is 1. The molecular formula is C36H43N5O. The van der Waals surface area contributed by atoms with Crippen molar-refractivity contribution < 1.29 is 4.79 Å². The molecule has 0 radical (unpaired) electrons. The first-order chi connectivity index (χ1) is 20.7. The molecule has 0 aliphatic heterocycles. The second-order valence-electron chi connectivity index (χ2n) is 11.4. The Kier molecular flexibility index (Phi) is 10.2. The van der Waals surface area contributed by atoms with Crippen LogP contribution < -0.4 is 11.1 Å². The Labute approximate surface area is 250 Å². The topological polar surface area (TPSA) is 85.3 Å². The monoisotopic (exact) mass is 561 g/mol. The summed E-state index contributed by atoms with van der Waals surface area (Å²) in [5, 5.41) is 2.76. The summed E-state index contributed by atoms with van der Waals surface area (Å²) in [5.41, 5.74) is 9.93. The van der Waals surface area contributed by atoms with Crippen LogP contribution in [0.25, 0.3) is 0 Å². The standard InChI is InChI=1S/C36H43N5O/c37-35(40-34(42)25-13-17-29-15-5-1-6-16-29)38-26-14-24-33-27-41(28-39-33)36(30-18-7-2-8-19-30,31-20-9-3-10-21-31)32-22-11-4-12-23-32/h2-4,7-12,18-23,27-29H,1,5-6,13-17,24-26H2,(H3,37,38,40,42). The molecule has 0 bridgehead atoms. The zero-order chi connectivity index (χ0) is 29.0. The Morgan fingerprint density at radius 2 is 1.43 bits per heavy atom. The first-order valence-electron chi connectivity index (χ1n) is 15.5. The Morgan fingerprint density at radius 3 is 2.00 bits per heavy atom. The maximum atomic E-state index is 12.3. The third kappa shape index (κ3) is 7.17. The lowest BCUT2D eigenvalue weighted by molar-refractivity contribution is -0.119. The van der Waals surface area contributed by atoms with E-state index >= 15 is 0 Å². The molecule has 3 aromatic carbocycles. The number of benzene rings is 3. The molecule has 4 aromatic rings. The van der Waals surface area contributed by atoms with E-state index in [1.165, 1.54) is 48.8 Å². The highest BCUT2D eigenvalue weighted by atomic mass is 16.1. The number of hydrogen-bond acceptors (Lipinski definition) is 3. The largest absolute Gasteiger partial charge is 0.370 e. The first kappa shape index (κ1) is 29.3. The van der Waals surface area contributed by atoms with Gasteiger partial charge in [-0.3, -0.25) is 15.1 Å². The minimum atomic E-state index is -0.571. The van der Waals surface area contributed by atoms with Gasteiger partial charge in [0.1, 0.15) is 5.54 Å². The molecule has 1 heterocycles. The maximum absolute atomic E-state index is 12.3. The lowest BCUT2D eigenvalue weighted by Gasteiger charge is -2.37. The second-order valence-corrected chi connectivity index (χ2v) is 11.4. The van der Waals surface area contributed by atoms with Gasteiger partial charge in [0.15, 0.2) is 5.96 Å². The van der Waals surface area contributed by atoms with Crippen molar-refractivity contribution in [2.45, 2.75) is 69.7 Å². The Balaban J connectivity index is 1.23. The van der Waals surface area contributed by atoms with Gasteiger partial charge in [-0.1, -0.05) is 123 Å². The van der Waals surface area contributed by atoms with E-state index < -0.39 is 5.54 Å². The van der Waals surface area contributed by atoms with Crippen LogP contribution in [0.5, 0.6) is 0 Å². The molecule has 6 heteroatoms. The number of nitrogens with two attached hydrogens (primary N) is 1. The van der Waals surface area contributed by atoms with Gasteiger partial charge in [-0.25, -0.2) is 4.98 Å². The number of hydrogen-bond donors (Lipinski definition) is 2. The summed E-state index contributed by atoms with van der Waals surface area (Å²) in [5.74, 6) is 0.962. The highest BCUT2D eigenvalue weighted by molar-refractivity contribution is 5.96. The third-order valence-electron chi connectivity index (χ3n) is 8.48. The molecule has 218 valence electrons. The summed E-state index contributed by atoms with van der Waals surface area (Å²) in [6, 6.07) is 31.8. The fourth-order valence-electron chi connectivity index (χ4n) is 6.39. The molecule has 5 rings (SSSR count). The molecule has 0 spiro atoms. The predicted molar refractivity (Wildman–Crippen MR) is 170 cm³/mol. The number of rotatable bonds is 12. The van der Waals surface area contributed by atoms with Crippen molar-refractivity contribution >= 4 is 11.9 Å². The molecule has 0 atom stereocenters. The molecular weight excluding hydrogens is 518 g/mol. The van der Waals surface area contributed by atoms with Gasteiger partial charge in [0, 0.05) is 19.2 Å². The SMILES string of the molecule is NC(=NCCCc1cn(C(c2ccccc2)(c2ccccc2)c2ccccc2)cn1)NC(=O)CCCC1CCCCC1. The van der Waals surface area contributed by atoms with Crippen molar-refractivity contribution in [2.75, 3.05) is 6.54 Å². The fourth-order valence-corrected chi connectivity index (χ4v) is 6.39. The number of amides is 1. The van der Waals surface area contributed by atoms with Crippen LogP contribution >= 0.6 is 0 Å². The summed E-state index contributed by atoms with van der Waals surface area (Å²) in [7, 11) is 0. The number of nitrogens with one attached hydrogen (secondary N) is 1. The van der Waals surface area contributed by atoms with Crippen molar-refractivity contribution in [1.29, 1.82) is 0 Å². The summed E-state index contributed by atoms with van der Waals surface area (Å²) >= 11 is 0. The van der Waals surface area contributed by atoms with E-state index in [0.29, 0.717) is 13.0 Å². The van der Waals surface area contributed by atoms with Crippen LogP contribution in [0, 0.1) is 5.92 Å². The summed E-state index contributed by atoms with van der Waals surface area (Å²) < 4.78 is 2.23. The molecule has 1 aromatic heterocycles. The smallest absolute Gasteiger partial charge is 0.226 e. The number of carbonyl (C=O) groups excluding carboxylic acids is 1. The fraction of sp³-hybridized carbons (Fsp3) is 0.361. The molecule has 1 fully saturated rings.